The molecule has 16 heavy (non-hydrogen) atoms. The van der Waals surface area contributed by atoms with Gasteiger partial charge in [0.05, 0.1) is 0 Å². The standard InChI is InChI=1S/C9H18O7/c1-13-8(14-2)6(11)5(10)7(12)9(15-3)16-4/h6-9,11-12H,1-4H3. The summed E-state index contributed by atoms with van der Waals surface area (Å²) in [4.78, 5) is 11.5. The lowest BCUT2D eigenvalue weighted by Gasteiger charge is -2.24. The first-order chi connectivity index (χ1) is 7.53. The number of carbonyl (C=O) groups excluding carboxylic acids is 1. The van der Waals surface area contributed by atoms with Crippen molar-refractivity contribution in [1.29, 1.82) is 0 Å². The number of ketones is 1. The molecule has 2 N–H and O–H groups in total. The van der Waals surface area contributed by atoms with Gasteiger partial charge in [-0.1, -0.05) is 0 Å². The molecule has 0 fully saturated rings. The molecular formula is C9H18O7. The molecule has 7 heteroatoms. The van der Waals surface area contributed by atoms with E-state index in [0.717, 1.165) is 0 Å². The number of rotatable bonds is 8. The number of ether oxygens (including phenoxy) is 4. The average Bonchev–Trinajstić information content (AvgIpc) is 2.30. The molecule has 0 saturated carbocycles. The fraction of sp³-hybridized carbons (Fsp3) is 0.889. The molecule has 0 amide bonds. The minimum atomic E-state index is -1.61. The van der Waals surface area contributed by atoms with E-state index in [4.69, 9.17) is 18.9 Å². The molecule has 0 aliphatic heterocycles. The average molecular weight is 238 g/mol. The van der Waals surface area contributed by atoms with Crippen LogP contribution in [0.2, 0.25) is 0 Å². The van der Waals surface area contributed by atoms with Crippen LogP contribution in [0.3, 0.4) is 0 Å². The number of aliphatic hydroxyl groups excluding tert-OH is 2. The third kappa shape index (κ3) is 3.78. The Hall–Kier alpha value is -0.570. The van der Waals surface area contributed by atoms with Crippen LogP contribution in [0.4, 0.5) is 0 Å². The van der Waals surface area contributed by atoms with Crippen molar-refractivity contribution < 1.29 is 34.0 Å². The summed E-state index contributed by atoms with van der Waals surface area (Å²) in [5.41, 5.74) is 0. The van der Waals surface area contributed by atoms with Crippen LogP contribution in [0.1, 0.15) is 0 Å². The van der Waals surface area contributed by atoms with E-state index in [1.165, 1.54) is 28.4 Å². The monoisotopic (exact) mass is 238 g/mol. The number of aliphatic hydroxyl groups is 2. The lowest BCUT2D eigenvalue weighted by molar-refractivity contribution is -0.200. The third-order valence-electron chi connectivity index (χ3n) is 2.03. The first-order valence-corrected chi connectivity index (χ1v) is 4.54. The topological polar surface area (TPSA) is 94.5 Å². The molecule has 2 atom stereocenters. The maximum absolute atomic E-state index is 11.5. The molecular weight excluding hydrogens is 220 g/mol. The van der Waals surface area contributed by atoms with E-state index in [9.17, 15) is 15.0 Å². The fourth-order valence-corrected chi connectivity index (χ4v) is 1.15. The minimum Gasteiger partial charge on any atom is -0.380 e. The maximum atomic E-state index is 11.5. The summed E-state index contributed by atoms with van der Waals surface area (Å²) < 4.78 is 18.8. The number of hydrogen-bond acceptors (Lipinski definition) is 7. The predicted molar refractivity (Wildman–Crippen MR) is 52.6 cm³/mol. The van der Waals surface area contributed by atoms with Crippen LogP contribution in [0.15, 0.2) is 0 Å². The lowest BCUT2D eigenvalue weighted by Crippen LogP contribution is -2.47. The largest absolute Gasteiger partial charge is 0.380 e. The highest BCUT2D eigenvalue weighted by molar-refractivity contribution is 5.87. The fourth-order valence-electron chi connectivity index (χ4n) is 1.15. The molecule has 7 nitrogen and oxygen atoms in total. The maximum Gasteiger partial charge on any atom is 0.200 e. The molecule has 0 heterocycles. The molecule has 0 saturated heterocycles. The van der Waals surface area contributed by atoms with Crippen LogP contribution < -0.4 is 0 Å². The first-order valence-electron chi connectivity index (χ1n) is 4.54. The van der Waals surface area contributed by atoms with E-state index in [-0.39, 0.29) is 0 Å². The predicted octanol–water partition coefficient (Wildman–Crippen LogP) is -1.48. The van der Waals surface area contributed by atoms with Crippen molar-refractivity contribution in [2.24, 2.45) is 0 Å². The Bertz CT molecular complexity index is 180. The van der Waals surface area contributed by atoms with Crippen LogP contribution in [0, 0.1) is 0 Å². The summed E-state index contributed by atoms with van der Waals surface area (Å²) in [6.07, 6.45) is -5.51. The Morgan fingerprint density at radius 3 is 1.25 bits per heavy atom. The zero-order valence-corrected chi connectivity index (χ0v) is 9.75. The molecule has 0 aromatic heterocycles. The van der Waals surface area contributed by atoms with Crippen molar-refractivity contribution in [1.82, 2.24) is 0 Å². The van der Waals surface area contributed by atoms with Crippen molar-refractivity contribution >= 4 is 5.78 Å². The molecule has 0 aliphatic carbocycles. The molecule has 0 aliphatic rings. The molecule has 0 aromatic rings. The highest BCUT2D eigenvalue weighted by Gasteiger charge is 2.35. The number of methoxy groups -OCH3 is 4. The van der Waals surface area contributed by atoms with Gasteiger partial charge in [-0.2, -0.15) is 0 Å². The van der Waals surface area contributed by atoms with E-state index < -0.39 is 30.6 Å². The second-order valence-corrected chi connectivity index (χ2v) is 2.97. The minimum absolute atomic E-state index is 0.901. The van der Waals surface area contributed by atoms with Gasteiger partial charge in [0.1, 0.15) is 0 Å². The highest BCUT2D eigenvalue weighted by atomic mass is 16.7. The van der Waals surface area contributed by atoms with E-state index in [1.807, 2.05) is 0 Å². The van der Waals surface area contributed by atoms with Gasteiger partial charge in [-0.05, 0) is 0 Å². The van der Waals surface area contributed by atoms with Gasteiger partial charge in [-0.3, -0.25) is 4.79 Å². The Balaban J connectivity index is 4.52. The number of carbonyl (C=O) groups is 1. The van der Waals surface area contributed by atoms with Crippen molar-refractivity contribution in [3.8, 4) is 0 Å². The van der Waals surface area contributed by atoms with Gasteiger partial charge in [-0.15, -0.1) is 0 Å². The normalized spacial score (nSPS) is 15.5. The van der Waals surface area contributed by atoms with Gasteiger partial charge < -0.3 is 29.2 Å². The summed E-state index contributed by atoms with van der Waals surface area (Å²) >= 11 is 0. The van der Waals surface area contributed by atoms with Crippen LogP contribution in [0.5, 0.6) is 0 Å². The van der Waals surface area contributed by atoms with E-state index in [1.54, 1.807) is 0 Å². The highest BCUT2D eigenvalue weighted by Crippen LogP contribution is 2.08. The zero-order valence-electron chi connectivity index (χ0n) is 9.75. The second kappa shape index (κ2) is 7.66. The Labute approximate surface area is 93.9 Å². The number of Topliss-reactive ketones (excluding diaryl/α,β-unsaturated/α-hetero) is 1. The van der Waals surface area contributed by atoms with Gasteiger partial charge in [0.15, 0.2) is 30.6 Å². The Kier molecular flexibility index (Phi) is 7.39. The summed E-state index contributed by atoms with van der Waals surface area (Å²) in [5, 5.41) is 19.0. The smallest absolute Gasteiger partial charge is 0.200 e. The summed E-state index contributed by atoms with van der Waals surface area (Å²) in [5.74, 6) is -0.901. The van der Waals surface area contributed by atoms with Crippen LogP contribution in [-0.2, 0) is 23.7 Å². The third-order valence-corrected chi connectivity index (χ3v) is 2.03. The zero-order chi connectivity index (χ0) is 12.7. The molecule has 0 rings (SSSR count). The van der Waals surface area contributed by atoms with Crippen LogP contribution in [-0.4, -0.2) is 69.2 Å². The van der Waals surface area contributed by atoms with Crippen molar-refractivity contribution in [2.75, 3.05) is 28.4 Å². The van der Waals surface area contributed by atoms with Crippen LogP contribution in [0.25, 0.3) is 0 Å². The van der Waals surface area contributed by atoms with E-state index in [2.05, 4.69) is 0 Å². The Morgan fingerprint density at radius 1 is 0.812 bits per heavy atom. The van der Waals surface area contributed by atoms with Gasteiger partial charge >= 0.3 is 0 Å². The molecule has 0 aromatic carbocycles. The summed E-state index contributed by atoms with van der Waals surface area (Å²) in [6, 6.07) is 0. The molecule has 0 spiro atoms. The van der Waals surface area contributed by atoms with E-state index in [0.29, 0.717) is 0 Å². The quantitative estimate of drug-likeness (QED) is 0.498. The number of hydrogen-bond donors (Lipinski definition) is 2. The van der Waals surface area contributed by atoms with Crippen LogP contribution >= 0.6 is 0 Å². The first kappa shape index (κ1) is 15.4. The van der Waals surface area contributed by atoms with Gasteiger partial charge in [0, 0.05) is 28.4 Å². The lowest BCUT2D eigenvalue weighted by atomic mass is 10.1. The van der Waals surface area contributed by atoms with Crippen molar-refractivity contribution in [3.63, 3.8) is 0 Å². The molecule has 2 unspecified atom stereocenters. The van der Waals surface area contributed by atoms with Gasteiger partial charge in [0.25, 0.3) is 0 Å². The molecule has 96 valence electrons. The van der Waals surface area contributed by atoms with E-state index >= 15 is 0 Å². The van der Waals surface area contributed by atoms with Gasteiger partial charge in [0.2, 0.25) is 0 Å². The summed E-state index contributed by atoms with van der Waals surface area (Å²) in [7, 11) is 5.06. The second-order valence-electron chi connectivity index (χ2n) is 2.97. The van der Waals surface area contributed by atoms with Crippen molar-refractivity contribution in [2.45, 2.75) is 24.8 Å². The Morgan fingerprint density at radius 2 is 1.06 bits per heavy atom. The van der Waals surface area contributed by atoms with Crippen molar-refractivity contribution in [3.05, 3.63) is 0 Å². The van der Waals surface area contributed by atoms with Gasteiger partial charge in [-0.25, -0.2) is 0 Å². The molecule has 0 radical (unpaired) electrons. The molecule has 0 bridgehead atoms. The SMILES string of the molecule is COC(OC)C(O)C(=O)C(O)C(OC)OC. The summed E-state index contributed by atoms with van der Waals surface area (Å²) in [6.45, 7) is 0.